The van der Waals surface area contributed by atoms with E-state index in [1.165, 1.54) is 4.90 Å². The van der Waals surface area contributed by atoms with Crippen LogP contribution in [0.25, 0.3) is 0 Å². The second kappa shape index (κ2) is 7.88. The Bertz CT molecular complexity index is 711. The minimum atomic E-state index is -3.64. The highest BCUT2D eigenvalue weighted by Gasteiger charge is 2.32. The van der Waals surface area contributed by atoms with E-state index in [-0.39, 0.29) is 26.3 Å². The first kappa shape index (κ1) is 19.3. The summed E-state index contributed by atoms with van der Waals surface area (Å²) in [6, 6.07) is 4.93. The normalized spacial score (nSPS) is 22.2. The SMILES string of the molecule is CS(=O)(=O)OCC1OCCN(C(=O)O)CC1c1ccc(Cl)c(Cl)c1. The summed E-state index contributed by atoms with van der Waals surface area (Å²) in [5, 5.41) is 9.96. The van der Waals surface area contributed by atoms with Gasteiger partial charge >= 0.3 is 6.09 Å². The lowest BCUT2D eigenvalue weighted by Gasteiger charge is -2.26. The highest BCUT2D eigenvalue weighted by molar-refractivity contribution is 7.85. The number of halogens is 2. The lowest BCUT2D eigenvalue weighted by atomic mass is 9.93. The minimum Gasteiger partial charge on any atom is -0.465 e. The van der Waals surface area contributed by atoms with E-state index in [2.05, 4.69) is 0 Å². The molecule has 1 N–H and O–H groups in total. The number of ether oxygens (including phenoxy) is 1. The molecule has 1 aliphatic heterocycles. The maximum Gasteiger partial charge on any atom is 0.407 e. The molecule has 1 aromatic carbocycles. The van der Waals surface area contributed by atoms with E-state index in [4.69, 9.17) is 32.1 Å². The largest absolute Gasteiger partial charge is 0.465 e. The predicted octanol–water partition coefficient (Wildman–Crippen LogP) is 2.43. The Balaban J connectivity index is 2.31. The van der Waals surface area contributed by atoms with Crippen molar-refractivity contribution in [2.75, 3.05) is 32.6 Å². The zero-order valence-corrected chi connectivity index (χ0v) is 15.1. The average molecular weight is 398 g/mol. The van der Waals surface area contributed by atoms with Crippen LogP contribution in [0, 0.1) is 0 Å². The van der Waals surface area contributed by atoms with E-state index in [0.29, 0.717) is 15.6 Å². The lowest BCUT2D eigenvalue weighted by Crippen LogP contribution is -2.36. The number of carbonyl (C=O) groups is 1. The Hall–Kier alpha value is -1.06. The fraction of sp³-hybridized carbons (Fsp3) is 0.500. The molecule has 0 aliphatic carbocycles. The third-order valence-electron chi connectivity index (χ3n) is 3.65. The molecule has 1 aliphatic rings. The van der Waals surface area contributed by atoms with Gasteiger partial charge in [0.05, 0.1) is 35.6 Å². The molecule has 2 rings (SSSR count). The molecule has 1 amide bonds. The molecule has 2 atom stereocenters. The smallest absolute Gasteiger partial charge is 0.407 e. The molecule has 10 heteroatoms. The van der Waals surface area contributed by atoms with Crippen molar-refractivity contribution in [1.29, 1.82) is 0 Å². The van der Waals surface area contributed by atoms with Crippen molar-refractivity contribution in [3.8, 4) is 0 Å². The summed E-state index contributed by atoms with van der Waals surface area (Å²) >= 11 is 12.0. The van der Waals surface area contributed by atoms with E-state index in [1.54, 1.807) is 18.2 Å². The van der Waals surface area contributed by atoms with E-state index in [1.807, 2.05) is 0 Å². The highest BCUT2D eigenvalue weighted by Crippen LogP contribution is 2.31. The van der Waals surface area contributed by atoms with Crippen molar-refractivity contribution >= 4 is 39.4 Å². The molecular weight excluding hydrogens is 381 g/mol. The molecule has 0 aromatic heterocycles. The first-order chi connectivity index (χ1) is 11.2. The molecule has 0 saturated carbocycles. The van der Waals surface area contributed by atoms with Gasteiger partial charge < -0.3 is 14.7 Å². The molecule has 134 valence electrons. The van der Waals surface area contributed by atoms with Crippen LogP contribution in [0.2, 0.25) is 10.0 Å². The van der Waals surface area contributed by atoms with Gasteiger partial charge in [0.2, 0.25) is 0 Å². The summed E-state index contributed by atoms with van der Waals surface area (Å²) in [7, 11) is -3.64. The van der Waals surface area contributed by atoms with Crippen LogP contribution in [0.15, 0.2) is 18.2 Å². The van der Waals surface area contributed by atoms with Gasteiger partial charge in [0.25, 0.3) is 10.1 Å². The van der Waals surface area contributed by atoms with E-state index in [9.17, 15) is 18.3 Å². The molecule has 1 fully saturated rings. The fourth-order valence-corrected chi connectivity index (χ4v) is 3.16. The quantitative estimate of drug-likeness (QED) is 0.784. The summed E-state index contributed by atoms with van der Waals surface area (Å²) in [5.74, 6) is -0.444. The van der Waals surface area contributed by atoms with Crippen LogP contribution in [-0.2, 0) is 19.0 Å². The topological polar surface area (TPSA) is 93.1 Å². The molecule has 0 radical (unpaired) electrons. The number of hydrogen-bond acceptors (Lipinski definition) is 5. The maximum absolute atomic E-state index is 11.3. The van der Waals surface area contributed by atoms with Gasteiger partial charge in [0.1, 0.15) is 0 Å². The van der Waals surface area contributed by atoms with Crippen LogP contribution in [0.5, 0.6) is 0 Å². The Morgan fingerprint density at radius 1 is 1.42 bits per heavy atom. The van der Waals surface area contributed by atoms with Gasteiger partial charge in [-0.05, 0) is 17.7 Å². The van der Waals surface area contributed by atoms with Gasteiger partial charge in [-0.3, -0.25) is 4.18 Å². The van der Waals surface area contributed by atoms with Crippen LogP contribution >= 0.6 is 23.2 Å². The van der Waals surface area contributed by atoms with Crippen LogP contribution in [0.4, 0.5) is 4.79 Å². The standard InChI is InChI=1S/C14H17Cl2NO6S/c1-24(20,21)23-8-13-10(7-17(14(18)19)4-5-22-13)9-2-3-11(15)12(16)6-9/h2-3,6,10,13H,4-5,7-8H2,1H3,(H,18,19). The Kier molecular flexibility index (Phi) is 6.33. The fourth-order valence-electron chi connectivity index (χ4n) is 2.47. The molecule has 1 heterocycles. The van der Waals surface area contributed by atoms with Crippen molar-refractivity contribution in [2.24, 2.45) is 0 Å². The predicted molar refractivity (Wildman–Crippen MR) is 89.3 cm³/mol. The number of amides is 1. The first-order valence-corrected chi connectivity index (χ1v) is 9.63. The number of hydrogen-bond donors (Lipinski definition) is 1. The van der Waals surface area contributed by atoms with Gasteiger partial charge in [-0.1, -0.05) is 29.3 Å². The summed E-state index contributed by atoms with van der Waals surface area (Å²) in [6.07, 6.45) is -0.767. The van der Waals surface area contributed by atoms with Gasteiger partial charge in [0.15, 0.2) is 0 Å². The van der Waals surface area contributed by atoms with Crippen molar-refractivity contribution in [3.63, 3.8) is 0 Å². The molecule has 24 heavy (non-hydrogen) atoms. The molecule has 1 saturated heterocycles. The second-order valence-electron chi connectivity index (χ2n) is 5.41. The first-order valence-electron chi connectivity index (χ1n) is 7.06. The Morgan fingerprint density at radius 3 is 2.71 bits per heavy atom. The van der Waals surface area contributed by atoms with Gasteiger partial charge in [-0.2, -0.15) is 8.42 Å². The zero-order chi connectivity index (χ0) is 17.9. The summed E-state index contributed by atoms with van der Waals surface area (Å²) < 4.78 is 33.0. The lowest BCUT2D eigenvalue weighted by molar-refractivity contribution is 0.0196. The summed E-state index contributed by atoms with van der Waals surface area (Å²) in [6.45, 7) is 0.243. The number of benzene rings is 1. The molecule has 0 bridgehead atoms. The molecule has 0 spiro atoms. The van der Waals surface area contributed by atoms with Crippen LogP contribution in [0.1, 0.15) is 11.5 Å². The molecule has 7 nitrogen and oxygen atoms in total. The van der Waals surface area contributed by atoms with E-state index in [0.717, 1.165) is 6.26 Å². The average Bonchev–Trinajstić information content (AvgIpc) is 2.70. The highest BCUT2D eigenvalue weighted by atomic mass is 35.5. The van der Waals surface area contributed by atoms with Crippen LogP contribution in [-0.4, -0.2) is 63.2 Å². The zero-order valence-electron chi connectivity index (χ0n) is 12.8. The van der Waals surface area contributed by atoms with Gasteiger partial charge in [-0.25, -0.2) is 4.79 Å². The summed E-state index contributed by atoms with van der Waals surface area (Å²) in [5.41, 5.74) is 0.694. The van der Waals surface area contributed by atoms with Crippen molar-refractivity contribution in [1.82, 2.24) is 4.90 Å². The Labute approximate surface area is 150 Å². The molecular formula is C14H17Cl2NO6S. The third-order valence-corrected chi connectivity index (χ3v) is 4.95. The molecule has 2 unspecified atom stereocenters. The van der Waals surface area contributed by atoms with Crippen LogP contribution in [0.3, 0.4) is 0 Å². The second-order valence-corrected chi connectivity index (χ2v) is 7.86. The maximum atomic E-state index is 11.3. The number of rotatable bonds is 4. The van der Waals surface area contributed by atoms with Crippen LogP contribution < -0.4 is 0 Å². The van der Waals surface area contributed by atoms with Crippen molar-refractivity contribution < 1.29 is 27.2 Å². The van der Waals surface area contributed by atoms with Gasteiger partial charge in [-0.15, -0.1) is 0 Å². The van der Waals surface area contributed by atoms with Crippen molar-refractivity contribution in [3.05, 3.63) is 33.8 Å². The van der Waals surface area contributed by atoms with E-state index >= 15 is 0 Å². The van der Waals surface area contributed by atoms with Crippen molar-refractivity contribution in [2.45, 2.75) is 12.0 Å². The third kappa shape index (κ3) is 5.22. The Morgan fingerprint density at radius 2 is 2.12 bits per heavy atom. The van der Waals surface area contributed by atoms with E-state index < -0.39 is 28.2 Å². The minimum absolute atomic E-state index is 0.130. The number of nitrogens with zero attached hydrogens (tertiary/aromatic N) is 1. The summed E-state index contributed by atoms with van der Waals surface area (Å²) in [4.78, 5) is 12.5. The molecule has 1 aromatic rings. The monoisotopic (exact) mass is 397 g/mol. The number of carboxylic acid groups (broad SMARTS) is 1. The van der Waals surface area contributed by atoms with Gasteiger partial charge in [0, 0.05) is 19.0 Å².